The van der Waals surface area contributed by atoms with Gasteiger partial charge < -0.3 is 20.6 Å². The molecule has 2 heterocycles. The Labute approximate surface area is 155 Å². The number of aliphatic hydroxyl groups excluding tert-OH is 1. The Morgan fingerprint density at radius 2 is 1.70 bits per heavy atom. The zero-order valence-electron chi connectivity index (χ0n) is 15.0. The van der Waals surface area contributed by atoms with Crippen molar-refractivity contribution >= 4 is 23.8 Å². The van der Waals surface area contributed by atoms with Crippen molar-refractivity contribution in [1.82, 2.24) is 5.32 Å². The van der Waals surface area contributed by atoms with E-state index in [1.165, 1.54) is 0 Å². The number of nitrogens with zero attached hydrogens (tertiary/aromatic N) is 1. The Morgan fingerprint density at radius 1 is 1.04 bits per heavy atom. The molecule has 4 N–H and O–H groups in total. The van der Waals surface area contributed by atoms with E-state index < -0.39 is 47.5 Å². The minimum atomic E-state index is -1.09. The van der Waals surface area contributed by atoms with Crippen molar-refractivity contribution in [2.24, 2.45) is 17.8 Å². The molecular weight excluding hydrogens is 356 g/mol. The summed E-state index contributed by atoms with van der Waals surface area (Å²) in [6.45, 7) is 0.356. The van der Waals surface area contributed by atoms with Gasteiger partial charge in [0.1, 0.15) is 5.92 Å². The molecule has 4 fully saturated rings. The Hall–Kier alpha value is -2.00. The summed E-state index contributed by atoms with van der Waals surface area (Å²) in [6.07, 6.45) is 2.10. The summed E-state index contributed by atoms with van der Waals surface area (Å²) in [5, 5.41) is 31.6. The van der Waals surface area contributed by atoms with Gasteiger partial charge in [-0.15, -0.1) is 0 Å². The summed E-state index contributed by atoms with van der Waals surface area (Å²) in [6, 6.07) is 0. The molecule has 2 aliphatic carbocycles. The lowest BCUT2D eigenvalue weighted by atomic mass is 9.77. The van der Waals surface area contributed by atoms with Gasteiger partial charge in [-0.05, 0) is 25.7 Å². The van der Waals surface area contributed by atoms with Crippen molar-refractivity contribution in [2.75, 3.05) is 6.54 Å². The Morgan fingerprint density at radius 3 is 2.33 bits per heavy atom. The van der Waals surface area contributed by atoms with E-state index in [4.69, 9.17) is 0 Å². The molecule has 27 heavy (non-hydrogen) atoms. The van der Waals surface area contributed by atoms with E-state index in [1.807, 2.05) is 0 Å². The number of carboxylic acids is 2. The second-order valence-electron chi connectivity index (χ2n) is 8.46. The molecule has 0 aromatic rings. The third-order valence-corrected chi connectivity index (χ3v) is 7.22. The summed E-state index contributed by atoms with van der Waals surface area (Å²) >= 11 is 0. The number of carbonyl (C=O) groups excluding carboxylic acids is 2. The first-order valence-corrected chi connectivity index (χ1v) is 9.62. The molecule has 2 spiro atoms. The van der Waals surface area contributed by atoms with Crippen molar-refractivity contribution in [3.63, 3.8) is 0 Å². The molecule has 2 saturated carbocycles. The molecule has 7 atom stereocenters. The lowest BCUT2D eigenvalue weighted by molar-refractivity contribution is -0.677. The SMILES string of the molecule is O=C(O)C1CCCCC1C(=O)NC1C[N+]12C(=O)C21CCC(O)CC1C(=O)O. The summed E-state index contributed by atoms with van der Waals surface area (Å²) in [4.78, 5) is 48.5. The first kappa shape index (κ1) is 18.4. The highest BCUT2D eigenvalue weighted by Crippen LogP contribution is 2.64. The van der Waals surface area contributed by atoms with Crippen LogP contribution in [0.4, 0.5) is 0 Å². The average molecular weight is 381 g/mol. The summed E-state index contributed by atoms with van der Waals surface area (Å²) in [5.41, 5.74) is -1.04. The van der Waals surface area contributed by atoms with Crippen LogP contribution >= 0.6 is 0 Å². The number of carbonyl (C=O) groups is 4. The fourth-order valence-electron chi connectivity index (χ4n) is 5.70. The lowest BCUT2D eigenvalue weighted by Crippen LogP contribution is -2.46. The standard InChI is InChI=1S/C18H24N2O7/c21-9-5-6-18(12(7-9)16(25)26)17(27)20(18)8-13(20)19-14(22)10-3-1-2-4-11(10)15(23)24/h9-13,21H,1-8H2,(H2-,19,22,23,24,25,26)/p+1. The molecule has 0 bridgehead atoms. The molecule has 0 aromatic carbocycles. The maximum absolute atomic E-state index is 12.7. The number of nitrogens with one attached hydrogen (secondary N) is 1. The van der Waals surface area contributed by atoms with E-state index in [9.17, 15) is 34.5 Å². The maximum atomic E-state index is 12.7. The van der Waals surface area contributed by atoms with Crippen molar-refractivity contribution in [3.8, 4) is 0 Å². The third-order valence-electron chi connectivity index (χ3n) is 7.22. The number of quaternary nitrogens is 1. The van der Waals surface area contributed by atoms with Crippen LogP contribution in [0.1, 0.15) is 44.9 Å². The number of carboxylic acid groups (broad SMARTS) is 2. The van der Waals surface area contributed by atoms with Crippen LogP contribution in [0.5, 0.6) is 0 Å². The molecule has 2 saturated heterocycles. The summed E-state index contributed by atoms with van der Waals surface area (Å²) in [7, 11) is 0. The van der Waals surface area contributed by atoms with E-state index in [2.05, 4.69) is 5.32 Å². The van der Waals surface area contributed by atoms with Crippen LogP contribution in [0.25, 0.3) is 0 Å². The van der Waals surface area contributed by atoms with Crippen LogP contribution in [0.3, 0.4) is 0 Å². The molecule has 2 amide bonds. The zero-order chi connectivity index (χ0) is 19.6. The van der Waals surface area contributed by atoms with Crippen LogP contribution in [0, 0.1) is 17.8 Å². The lowest BCUT2D eigenvalue weighted by Gasteiger charge is -2.28. The fourth-order valence-corrected chi connectivity index (χ4v) is 5.70. The maximum Gasteiger partial charge on any atom is 0.379 e. The van der Waals surface area contributed by atoms with Crippen LogP contribution in [-0.4, -0.2) is 67.9 Å². The van der Waals surface area contributed by atoms with Gasteiger partial charge in [0.15, 0.2) is 6.54 Å². The first-order valence-electron chi connectivity index (χ1n) is 9.62. The normalized spacial score (nSPS) is 45.5. The average Bonchev–Trinajstić information content (AvgIpc) is 3.47. The molecule has 9 heteroatoms. The number of fused-ring (bicyclic) bond motifs is 1. The number of aliphatic hydroxyl groups is 1. The monoisotopic (exact) mass is 381 g/mol. The zero-order valence-corrected chi connectivity index (χ0v) is 15.0. The minimum absolute atomic E-state index is 0.0471. The van der Waals surface area contributed by atoms with Gasteiger partial charge in [0.25, 0.3) is 0 Å². The van der Waals surface area contributed by atoms with E-state index in [0.717, 1.165) is 12.8 Å². The highest BCUT2D eigenvalue weighted by Gasteiger charge is 2.96. The molecule has 148 valence electrons. The number of hydrogen-bond donors (Lipinski definition) is 4. The van der Waals surface area contributed by atoms with Gasteiger partial charge in [-0.25, -0.2) is 9.28 Å². The second-order valence-corrected chi connectivity index (χ2v) is 8.46. The van der Waals surface area contributed by atoms with Crippen LogP contribution in [0.15, 0.2) is 0 Å². The van der Waals surface area contributed by atoms with Crippen molar-refractivity contribution in [3.05, 3.63) is 0 Å². The van der Waals surface area contributed by atoms with E-state index >= 15 is 0 Å². The molecule has 0 aromatic heterocycles. The van der Waals surface area contributed by atoms with Crippen molar-refractivity contribution in [1.29, 1.82) is 0 Å². The molecule has 7 unspecified atom stereocenters. The Bertz CT molecular complexity index is 724. The van der Waals surface area contributed by atoms with Crippen molar-refractivity contribution in [2.45, 2.75) is 62.8 Å². The molecule has 2 aliphatic heterocycles. The molecule has 4 aliphatic rings. The van der Waals surface area contributed by atoms with Gasteiger partial charge in [-0.2, -0.15) is 0 Å². The Kier molecular flexibility index (Phi) is 4.08. The summed E-state index contributed by atoms with van der Waals surface area (Å²) < 4.78 is -0.0487. The minimum Gasteiger partial charge on any atom is -0.481 e. The Balaban J connectivity index is 1.47. The molecule has 9 nitrogen and oxygen atoms in total. The number of rotatable bonds is 4. The molecule has 0 radical (unpaired) electrons. The summed E-state index contributed by atoms with van der Waals surface area (Å²) in [5.74, 6) is -4.84. The molecular formula is C18H25N2O7+. The second kappa shape index (κ2) is 6.00. The van der Waals surface area contributed by atoms with Crippen LogP contribution < -0.4 is 5.32 Å². The highest BCUT2D eigenvalue weighted by molar-refractivity contribution is 5.99. The smallest absolute Gasteiger partial charge is 0.379 e. The fraction of sp³-hybridized carbons (Fsp3) is 0.778. The number of amides is 2. The predicted molar refractivity (Wildman–Crippen MR) is 88.9 cm³/mol. The van der Waals surface area contributed by atoms with Crippen molar-refractivity contribution < 1.29 is 39.0 Å². The largest absolute Gasteiger partial charge is 0.481 e. The highest BCUT2D eigenvalue weighted by atomic mass is 16.4. The van der Waals surface area contributed by atoms with Gasteiger partial charge in [0.2, 0.25) is 17.6 Å². The van der Waals surface area contributed by atoms with Crippen LogP contribution in [0.2, 0.25) is 0 Å². The van der Waals surface area contributed by atoms with E-state index in [1.54, 1.807) is 0 Å². The van der Waals surface area contributed by atoms with Gasteiger partial charge in [0, 0.05) is 6.42 Å². The van der Waals surface area contributed by atoms with Gasteiger partial charge in [-0.1, -0.05) is 12.8 Å². The first-order chi connectivity index (χ1) is 12.8. The van der Waals surface area contributed by atoms with Crippen LogP contribution in [-0.2, 0) is 19.2 Å². The van der Waals surface area contributed by atoms with Gasteiger partial charge in [0.05, 0.1) is 17.9 Å². The number of aliphatic carboxylic acids is 2. The van der Waals surface area contributed by atoms with E-state index in [0.29, 0.717) is 32.2 Å². The third kappa shape index (κ3) is 2.44. The van der Waals surface area contributed by atoms with E-state index in [-0.39, 0.29) is 22.7 Å². The quantitative estimate of drug-likeness (QED) is 0.386. The predicted octanol–water partition coefficient (Wildman–Crippen LogP) is -0.325. The number of hydrogen-bond acceptors (Lipinski definition) is 5. The topological polar surface area (TPSA) is 141 Å². The van der Waals surface area contributed by atoms with Gasteiger partial charge in [-0.3, -0.25) is 14.4 Å². The molecule has 4 rings (SSSR count). The van der Waals surface area contributed by atoms with Gasteiger partial charge >= 0.3 is 17.8 Å².